The van der Waals surface area contributed by atoms with E-state index in [4.69, 9.17) is 9.72 Å². The summed E-state index contributed by atoms with van der Waals surface area (Å²) in [6, 6.07) is 16.4. The van der Waals surface area contributed by atoms with Crippen LogP contribution >= 0.6 is 0 Å². The predicted octanol–water partition coefficient (Wildman–Crippen LogP) is 4.83. The van der Waals surface area contributed by atoms with Gasteiger partial charge in [-0.2, -0.15) is 0 Å². The van der Waals surface area contributed by atoms with Gasteiger partial charge in [-0.05, 0) is 51.0 Å². The van der Waals surface area contributed by atoms with Crippen LogP contribution in [0, 0.1) is 6.92 Å². The Balaban J connectivity index is 1.70. The minimum atomic E-state index is -0.384. The van der Waals surface area contributed by atoms with Crippen molar-refractivity contribution in [2.75, 3.05) is 24.6 Å². The minimum absolute atomic E-state index is 0.324. The van der Waals surface area contributed by atoms with Crippen LogP contribution in [0.1, 0.15) is 35.8 Å². The highest BCUT2D eigenvalue weighted by atomic mass is 16.5. The maximum absolute atomic E-state index is 12.5. The fourth-order valence-corrected chi connectivity index (χ4v) is 3.59. The molecule has 1 aliphatic rings. The number of rotatable bonds is 5. The van der Waals surface area contributed by atoms with Gasteiger partial charge in [0.15, 0.2) is 5.69 Å². The van der Waals surface area contributed by atoms with Gasteiger partial charge in [-0.3, -0.25) is 0 Å². The maximum Gasteiger partial charge on any atom is 0.357 e. The van der Waals surface area contributed by atoms with Crippen LogP contribution in [0.25, 0.3) is 22.6 Å². The van der Waals surface area contributed by atoms with Crippen molar-refractivity contribution in [2.45, 2.75) is 26.7 Å². The van der Waals surface area contributed by atoms with Gasteiger partial charge in [0.2, 0.25) is 0 Å². The summed E-state index contributed by atoms with van der Waals surface area (Å²) in [4.78, 5) is 22.8. The molecule has 2 heterocycles. The second-order valence-corrected chi connectivity index (χ2v) is 7.14. The molecular formula is C23H25N3O2. The molecule has 0 bridgehead atoms. The van der Waals surface area contributed by atoms with E-state index in [-0.39, 0.29) is 5.97 Å². The maximum atomic E-state index is 12.5. The molecule has 5 nitrogen and oxygen atoms in total. The summed E-state index contributed by atoms with van der Waals surface area (Å²) < 4.78 is 5.23. The van der Waals surface area contributed by atoms with Crippen molar-refractivity contribution < 1.29 is 9.53 Å². The third-order valence-electron chi connectivity index (χ3n) is 5.12. The second kappa shape index (κ2) is 7.89. The Kier molecular flexibility index (Phi) is 5.15. The Labute approximate surface area is 165 Å². The topological polar surface area (TPSA) is 58.2 Å². The highest BCUT2D eigenvalue weighted by molar-refractivity contribution is 5.95. The highest BCUT2D eigenvalue weighted by Crippen LogP contribution is 2.29. The number of nitrogens with one attached hydrogen (secondary N) is 1. The summed E-state index contributed by atoms with van der Waals surface area (Å²) in [5.41, 5.74) is 5.25. The zero-order valence-electron chi connectivity index (χ0n) is 16.4. The first-order valence-electron chi connectivity index (χ1n) is 9.85. The average Bonchev–Trinajstić information content (AvgIpc) is 3.39. The third-order valence-corrected chi connectivity index (χ3v) is 5.12. The second-order valence-electron chi connectivity index (χ2n) is 7.14. The molecule has 3 aromatic rings. The van der Waals surface area contributed by atoms with E-state index < -0.39 is 0 Å². The zero-order chi connectivity index (χ0) is 19.5. The number of esters is 1. The van der Waals surface area contributed by atoms with Crippen molar-refractivity contribution in [3.8, 4) is 22.6 Å². The lowest BCUT2D eigenvalue weighted by Crippen LogP contribution is -2.17. The molecule has 0 unspecified atom stereocenters. The van der Waals surface area contributed by atoms with Gasteiger partial charge in [-0.25, -0.2) is 9.78 Å². The molecule has 1 aromatic heterocycles. The summed E-state index contributed by atoms with van der Waals surface area (Å²) in [6.45, 7) is 6.40. The van der Waals surface area contributed by atoms with E-state index in [1.165, 1.54) is 18.5 Å². The number of aromatic amines is 1. The van der Waals surface area contributed by atoms with Crippen molar-refractivity contribution in [2.24, 2.45) is 0 Å². The molecule has 5 heteroatoms. The lowest BCUT2D eigenvalue weighted by Gasteiger charge is -2.17. The number of ether oxygens (including phenoxy) is 1. The third kappa shape index (κ3) is 3.65. The van der Waals surface area contributed by atoms with E-state index in [2.05, 4.69) is 34.1 Å². The number of anilines is 1. The number of nitrogens with zero attached hydrogens (tertiary/aromatic N) is 2. The first kappa shape index (κ1) is 18.3. The van der Waals surface area contributed by atoms with Crippen molar-refractivity contribution in [3.63, 3.8) is 0 Å². The van der Waals surface area contributed by atoms with Crippen LogP contribution in [0.5, 0.6) is 0 Å². The van der Waals surface area contributed by atoms with Gasteiger partial charge < -0.3 is 14.6 Å². The Morgan fingerprint density at radius 1 is 1.04 bits per heavy atom. The zero-order valence-corrected chi connectivity index (χ0v) is 16.4. The van der Waals surface area contributed by atoms with Crippen LogP contribution in [0.2, 0.25) is 0 Å². The number of hydrogen-bond donors (Lipinski definition) is 1. The highest BCUT2D eigenvalue weighted by Gasteiger charge is 2.21. The molecule has 4 rings (SSSR count). The molecule has 0 atom stereocenters. The van der Waals surface area contributed by atoms with E-state index in [1.807, 2.05) is 31.2 Å². The van der Waals surface area contributed by atoms with E-state index in [1.54, 1.807) is 6.92 Å². The molecule has 0 radical (unpaired) electrons. The van der Waals surface area contributed by atoms with Gasteiger partial charge in [0, 0.05) is 29.9 Å². The van der Waals surface area contributed by atoms with Crippen molar-refractivity contribution in [1.82, 2.24) is 9.97 Å². The molecule has 0 aliphatic carbocycles. The van der Waals surface area contributed by atoms with Crippen LogP contribution in [0.15, 0.2) is 48.5 Å². The van der Waals surface area contributed by atoms with Gasteiger partial charge in [-0.1, -0.05) is 29.8 Å². The molecule has 0 spiro atoms. The minimum Gasteiger partial charge on any atom is -0.461 e. The number of aromatic nitrogens is 2. The Bertz CT molecular complexity index is 953. The van der Waals surface area contributed by atoms with Crippen LogP contribution in [0.4, 0.5) is 5.69 Å². The number of carbonyl (C=O) groups excluding carboxylic acids is 1. The molecule has 0 amide bonds. The summed E-state index contributed by atoms with van der Waals surface area (Å²) in [7, 11) is 0. The van der Waals surface area contributed by atoms with E-state index in [0.717, 1.165) is 29.8 Å². The average molecular weight is 375 g/mol. The largest absolute Gasteiger partial charge is 0.461 e. The lowest BCUT2D eigenvalue weighted by molar-refractivity contribution is 0.0521. The smallest absolute Gasteiger partial charge is 0.357 e. The van der Waals surface area contributed by atoms with E-state index in [0.29, 0.717) is 23.8 Å². The Morgan fingerprint density at radius 3 is 2.32 bits per heavy atom. The molecule has 144 valence electrons. The molecule has 1 saturated heterocycles. The molecule has 1 N–H and O–H groups in total. The Hall–Kier alpha value is -3.08. The molecule has 28 heavy (non-hydrogen) atoms. The molecule has 2 aromatic carbocycles. The molecule has 0 saturated carbocycles. The monoisotopic (exact) mass is 375 g/mol. The van der Waals surface area contributed by atoms with Crippen LogP contribution in [-0.4, -0.2) is 35.6 Å². The summed E-state index contributed by atoms with van der Waals surface area (Å²) >= 11 is 0. The van der Waals surface area contributed by atoms with E-state index >= 15 is 0 Å². The summed E-state index contributed by atoms with van der Waals surface area (Å²) in [5, 5.41) is 0. The van der Waals surface area contributed by atoms with Crippen LogP contribution < -0.4 is 4.90 Å². The number of imidazole rings is 1. The summed E-state index contributed by atoms with van der Waals surface area (Å²) in [6.07, 6.45) is 2.51. The van der Waals surface area contributed by atoms with Crippen molar-refractivity contribution in [3.05, 3.63) is 59.8 Å². The first-order valence-corrected chi connectivity index (χ1v) is 9.85. The van der Waals surface area contributed by atoms with Gasteiger partial charge in [0.1, 0.15) is 11.5 Å². The van der Waals surface area contributed by atoms with Crippen LogP contribution in [0.3, 0.4) is 0 Å². The van der Waals surface area contributed by atoms with Gasteiger partial charge in [0.05, 0.1) is 6.61 Å². The van der Waals surface area contributed by atoms with Crippen LogP contribution in [-0.2, 0) is 4.74 Å². The van der Waals surface area contributed by atoms with Gasteiger partial charge in [-0.15, -0.1) is 0 Å². The van der Waals surface area contributed by atoms with Crippen molar-refractivity contribution >= 4 is 11.7 Å². The number of aryl methyl sites for hydroxylation is 1. The van der Waals surface area contributed by atoms with Gasteiger partial charge in [0.25, 0.3) is 0 Å². The van der Waals surface area contributed by atoms with Gasteiger partial charge >= 0.3 is 5.97 Å². The Morgan fingerprint density at radius 2 is 1.68 bits per heavy atom. The first-order chi connectivity index (χ1) is 13.7. The van der Waals surface area contributed by atoms with Crippen molar-refractivity contribution in [1.29, 1.82) is 0 Å². The number of H-pyrrole nitrogens is 1. The lowest BCUT2D eigenvalue weighted by atomic mass is 10.1. The SMILES string of the molecule is CCOC(=O)c1[nH]c(-c2ccc(N3CCCC3)cc2)nc1-c1ccc(C)cc1. The quantitative estimate of drug-likeness (QED) is 0.649. The number of carbonyl (C=O) groups is 1. The normalized spacial score (nSPS) is 13.7. The number of hydrogen-bond acceptors (Lipinski definition) is 4. The predicted molar refractivity (Wildman–Crippen MR) is 112 cm³/mol. The van der Waals surface area contributed by atoms with E-state index in [9.17, 15) is 4.79 Å². The summed E-state index contributed by atoms with van der Waals surface area (Å²) in [5.74, 6) is 0.289. The molecular weight excluding hydrogens is 350 g/mol. The molecule has 1 aliphatic heterocycles. The standard InChI is InChI=1S/C23H25N3O2/c1-3-28-23(27)21-20(17-8-6-16(2)7-9-17)24-22(25-21)18-10-12-19(13-11-18)26-14-4-5-15-26/h6-13H,3-5,14-15H2,1-2H3,(H,24,25). The number of benzene rings is 2. The molecule has 1 fully saturated rings. The fraction of sp³-hybridized carbons (Fsp3) is 0.304. The fourth-order valence-electron chi connectivity index (χ4n) is 3.59.